The van der Waals surface area contributed by atoms with Crippen molar-refractivity contribution in [3.63, 3.8) is 0 Å². The molecule has 1 aliphatic rings. The van der Waals surface area contributed by atoms with Gasteiger partial charge in [-0.15, -0.1) is 0 Å². The predicted molar refractivity (Wildman–Crippen MR) is 99.8 cm³/mol. The quantitative estimate of drug-likeness (QED) is 0.769. The molecular weight excluding hydrogens is 342 g/mol. The normalized spacial score (nSPS) is 16.9. The lowest BCUT2D eigenvalue weighted by molar-refractivity contribution is 0.0698. The fourth-order valence-corrected chi connectivity index (χ4v) is 3.40. The van der Waals surface area contributed by atoms with E-state index in [1.54, 1.807) is 24.7 Å². The Kier molecular flexibility index (Phi) is 4.82. The topological polar surface area (TPSA) is 84.0 Å². The smallest absolute Gasteiger partial charge is 0.271 e. The molecule has 3 heterocycles. The first kappa shape index (κ1) is 17.2. The van der Waals surface area contributed by atoms with Crippen LogP contribution in [0.25, 0.3) is 0 Å². The van der Waals surface area contributed by atoms with Gasteiger partial charge < -0.3 is 9.64 Å². The summed E-state index contributed by atoms with van der Waals surface area (Å²) in [7, 11) is 0. The minimum atomic E-state index is -0.0394. The van der Waals surface area contributed by atoms with Crippen LogP contribution in [0.2, 0.25) is 0 Å². The minimum Gasteiger partial charge on any atom is -0.437 e. The molecule has 1 atom stereocenters. The van der Waals surface area contributed by atoms with Crippen molar-refractivity contribution in [2.24, 2.45) is 0 Å². The highest BCUT2D eigenvalue weighted by Crippen LogP contribution is 2.33. The number of hydrogen-bond acceptors (Lipinski definition) is 5. The van der Waals surface area contributed by atoms with Crippen LogP contribution in [-0.2, 0) is 0 Å². The van der Waals surface area contributed by atoms with Crippen molar-refractivity contribution in [2.75, 3.05) is 13.1 Å². The zero-order valence-corrected chi connectivity index (χ0v) is 15.1. The van der Waals surface area contributed by atoms with Crippen LogP contribution in [0.1, 0.15) is 40.5 Å². The fraction of sp³-hybridized carbons (Fsp3) is 0.300. The number of para-hydroxylation sites is 1. The van der Waals surface area contributed by atoms with Crippen LogP contribution < -0.4 is 4.74 Å². The molecule has 7 heteroatoms. The van der Waals surface area contributed by atoms with Gasteiger partial charge in [-0.2, -0.15) is 5.10 Å². The first-order valence-electron chi connectivity index (χ1n) is 9.05. The van der Waals surface area contributed by atoms with Crippen LogP contribution in [0.3, 0.4) is 0 Å². The molecule has 0 spiro atoms. The van der Waals surface area contributed by atoms with Gasteiger partial charge in [0.25, 0.3) is 5.91 Å². The number of aromatic amines is 1. The van der Waals surface area contributed by atoms with Gasteiger partial charge >= 0.3 is 0 Å². The second kappa shape index (κ2) is 7.57. The van der Waals surface area contributed by atoms with Gasteiger partial charge in [-0.3, -0.25) is 14.9 Å². The van der Waals surface area contributed by atoms with Crippen LogP contribution in [0.5, 0.6) is 11.6 Å². The van der Waals surface area contributed by atoms with E-state index in [9.17, 15) is 4.79 Å². The summed E-state index contributed by atoms with van der Waals surface area (Å²) in [5, 5.41) is 6.61. The van der Waals surface area contributed by atoms with Crippen molar-refractivity contribution in [1.82, 2.24) is 25.1 Å². The molecule has 1 saturated heterocycles. The van der Waals surface area contributed by atoms with Crippen LogP contribution in [-0.4, -0.2) is 44.1 Å². The van der Waals surface area contributed by atoms with Crippen LogP contribution in [0.15, 0.2) is 48.9 Å². The number of H-pyrrole nitrogens is 1. The van der Waals surface area contributed by atoms with Crippen molar-refractivity contribution in [2.45, 2.75) is 25.7 Å². The standard InChI is InChI=1S/C20H21N5O2/c1-14-5-2-3-7-17(14)27-19-18(21-10-11-22-19)15-6-4-12-25(13-15)20(26)16-8-9-23-24-16/h2-3,5,7-11,15H,4,6,12-13H2,1H3,(H,23,24). The van der Waals surface area contributed by atoms with Crippen molar-refractivity contribution in [3.8, 4) is 11.6 Å². The molecule has 1 amide bonds. The Morgan fingerprint density at radius 2 is 2.04 bits per heavy atom. The second-order valence-electron chi connectivity index (χ2n) is 6.67. The number of amides is 1. The molecular formula is C20H21N5O2. The third-order valence-electron chi connectivity index (χ3n) is 4.82. The average molecular weight is 363 g/mol. The van der Waals surface area contributed by atoms with E-state index < -0.39 is 0 Å². The molecule has 7 nitrogen and oxygen atoms in total. The summed E-state index contributed by atoms with van der Waals surface area (Å²) in [6.07, 6.45) is 6.75. The van der Waals surface area contributed by atoms with Crippen LogP contribution >= 0.6 is 0 Å². The van der Waals surface area contributed by atoms with E-state index in [1.165, 1.54) is 0 Å². The van der Waals surface area contributed by atoms with E-state index in [1.807, 2.05) is 36.1 Å². The lowest BCUT2D eigenvalue weighted by Gasteiger charge is -2.32. The number of carbonyl (C=O) groups is 1. The molecule has 138 valence electrons. The largest absolute Gasteiger partial charge is 0.437 e. The number of ether oxygens (including phenoxy) is 1. The molecule has 1 aliphatic heterocycles. The number of rotatable bonds is 4. The Labute approximate surface area is 157 Å². The van der Waals surface area contributed by atoms with Crippen LogP contribution in [0.4, 0.5) is 0 Å². The third-order valence-corrected chi connectivity index (χ3v) is 4.82. The van der Waals surface area contributed by atoms with Gasteiger partial charge in [0.05, 0.1) is 0 Å². The summed E-state index contributed by atoms with van der Waals surface area (Å²) in [5.74, 6) is 1.31. The zero-order valence-electron chi connectivity index (χ0n) is 15.1. The van der Waals surface area contributed by atoms with Crippen molar-refractivity contribution < 1.29 is 9.53 Å². The summed E-state index contributed by atoms with van der Waals surface area (Å²) < 4.78 is 6.07. The molecule has 1 aromatic carbocycles. The molecule has 1 fully saturated rings. The minimum absolute atomic E-state index is 0.0394. The molecule has 1 unspecified atom stereocenters. The molecule has 0 radical (unpaired) electrons. The number of hydrogen-bond donors (Lipinski definition) is 1. The summed E-state index contributed by atoms with van der Waals surface area (Å²) in [6, 6.07) is 9.52. The maximum absolute atomic E-state index is 12.6. The number of likely N-dealkylation sites (tertiary alicyclic amines) is 1. The van der Waals surface area contributed by atoms with Crippen LogP contribution in [0, 0.1) is 6.92 Å². The number of piperidine rings is 1. The highest BCUT2D eigenvalue weighted by Gasteiger charge is 2.29. The van der Waals surface area contributed by atoms with E-state index in [0.29, 0.717) is 18.1 Å². The Morgan fingerprint density at radius 3 is 2.85 bits per heavy atom. The zero-order chi connectivity index (χ0) is 18.6. The van der Waals surface area contributed by atoms with E-state index in [0.717, 1.165) is 36.4 Å². The lowest BCUT2D eigenvalue weighted by atomic mass is 9.94. The van der Waals surface area contributed by atoms with E-state index in [-0.39, 0.29) is 11.8 Å². The van der Waals surface area contributed by atoms with E-state index >= 15 is 0 Å². The maximum Gasteiger partial charge on any atom is 0.271 e. The molecule has 0 saturated carbocycles. The van der Waals surface area contributed by atoms with Gasteiger partial charge in [-0.25, -0.2) is 4.98 Å². The van der Waals surface area contributed by atoms with E-state index in [2.05, 4.69) is 20.2 Å². The van der Waals surface area contributed by atoms with Gasteiger partial charge in [0.2, 0.25) is 5.88 Å². The monoisotopic (exact) mass is 363 g/mol. The Bertz CT molecular complexity index is 926. The van der Waals surface area contributed by atoms with Gasteiger partial charge in [0, 0.05) is 37.6 Å². The first-order chi connectivity index (χ1) is 13.2. The molecule has 3 aromatic rings. The molecule has 2 aromatic heterocycles. The molecule has 4 rings (SSSR count). The highest BCUT2D eigenvalue weighted by atomic mass is 16.5. The fourth-order valence-electron chi connectivity index (χ4n) is 3.40. The van der Waals surface area contributed by atoms with Gasteiger partial charge in [-0.1, -0.05) is 18.2 Å². The maximum atomic E-state index is 12.6. The summed E-state index contributed by atoms with van der Waals surface area (Å²) in [5.41, 5.74) is 2.34. The molecule has 1 N–H and O–H groups in total. The lowest BCUT2D eigenvalue weighted by Crippen LogP contribution is -2.39. The van der Waals surface area contributed by atoms with Crippen molar-refractivity contribution >= 4 is 5.91 Å². The van der Waals surface area contributed by atoms with Gasteiger partial charge in [0.1, 0.15) is 17.1 Å². The number of benzene rings is 1. The number of carbonyl (C=O) groups excluding carboxylic acids is 1. The number of nitrogens with zero attached hydrogens (tertiary/aromatic N) is 4. The number of nitrogens with one attached hydrogen (secondary N) is 1. The summed E-state index contributed by atoms with van der Waals surface area (Å²) >= 11 is 0. The molecule has 0 aliphatic carbocycles. The summed E-state index contributed by atoms with van der Waals surface area (Å²) in [6.45, 7) is 3.31. The Morgan fingerprint density at radius 1 is 1.19 bits per heavy atom. The Balaban J connectivity index is 1.56. The third kappa shape index (κ3) is 3.67. The van der Waals surface area contributed by atoms with E-state index in [4.69, 9.17) is 4.74 Å². The average Bonchev–Trinajstić information content (AvgIpc) is 3.24. The second-order valence-corrected chi connectivity index (χ2v) is 6.67. The SMILES string of the molecule is Cc1ccccc1Oc1nccnc1C1CCCN(C(=O)c2ccn[nH]2)C1. The molecule has 27 heavy (non-hydrogen) atoms. The number of aromatic nitrogens is 4. The molecule has 0 bridgehead atoms. The predicted octanol–water partition coefficient (Wildman–Crippen LogP) is 3.32. The van der Waals surface area contributed by atoms with Gasteiger partial charge in [-0.05, 0) is 37.5 Å². The summed E-state index contributed by atoms with van der Waals surface area (Å²) in [4.78, 5) is 23.4. The van der Waals surface area contributed by atoms with Gasteiger partial charge in [0.15, 0.2) is 0 Å². The Hall–Kier alpha value is -3.22. The van der Waals surface area contributed by atoms with Crippen molar-refractivity contribution in [1.29, 1.82) is 0 Å². The van der Waals surface area contributed by atoms with Crippen molar-refractivity contribution in [3.05, 3.63) is 65.9 Å². The first-order valence-corrected chi connectivity index (χ1v) is 9.05. The number of aryl methyl sites for hydroxylation is 1. The highest BCUT2D eigenvalue weighted by molar-refractivity contribution is 5.92.